The van der Waals surface area contributed by atoms with E-state index < -0.39 is 9.84 Å². The minimum atomic E-state index is -3.27. The van der Waals surface area contributed by atoms with Gasteiger partial charge in [0, 0.05) is 17.9 Å². The third-order valence-electron chi connectivity index (χ3n) is 3.53. The second kappa shape index (κ2) is 5.79. The number of amides is 1. The molecule has 0 aromatic heterocycles. The van der Waals surface area contributed by atoms with E-state index in [9.17, 15) is 13.2 Å². The van der Waals surface area contributed by atoms with Crippen molar-refractivity contribution in [3.8, 4) is 0 Å². The number of anilines is 1. The topological polar surface area (TPSA) is 63.2 Å². The predicted molar refractivity (Wildman–Crippen MR) is 79.4 cm³/mol. The van der Waals surface area contributed by atoms with Crippen LogP contribution >= 0.6 is 0 Å². The van der Waals surface area contributed by atoms with E-state index in [1.807, 2.05) is 13.0 Å². The van der Waals surface area contributed by atoms with Crippen LogP contribution in [0.25, 0.3) is 0 Å². The molecule has 1 amide bonds. The van der Waals surface area contributed by atoms with Crippen LogP contribution in [-0.4, -0.2) is 20.6 Å². The zero-order chi connectivity index (χ0) is 14.8. The highest BCUT2D eigenvalue weighted by molar-refractivity contribution is 7.90. The monoisotopic (exact) mass is 293 g/mol. The normalized spacial score (nSPS) is 18.8. The molecule has 0 fully saturated rings. The minimum absolute atomic E-state index is 0.0266. The van der Waals surface area contributed by atoms with Gasteiger partial charge in [-0.15, -0.1) is 0 Å². The number of nitrogens with one attached hydrogen (secondary N) is 1. The number of hydrogen-bond acceptors (Lipinski definition) is 3. The maximum atomic E-state index is 12.2. The number of sulfone groups is 1. The average Bonchev–Trinajstić information content (AvgIpc) is 2.41. The van der Waals surface area contributed by atoms with Crippen LogP contribution in [0.2, 0.25) is 0 Å². The fraction of sp³-hybridized carbons (Fsp3) is 0.400. The van der Waals surface area contributed by atoms with Gasteiger partial charge in [-0.25, -0.2) is 8.42 Å². The molecule has 0 bridgehead atoms. The zero-order valence-corrected chi connectivity index (χ0v) is 12.5. The largest absolute Gasteiger partial charge is 0.326 e. The molecular weight excluding hydrogens is 274 g/mol. The summed E-state index contributed by atoms with van der Waals surface area (Å²) in [7, 11) is -3.27. The van der Waals surface area contributed by atoms with Crippen LogP contribution in [0.15, 0.2) is 35.2 Å². The number of allylic oxidation sites excluding steroid dienone is 2. The number of benzene rings is 1. The maximum Gasteiger partial charge on any atom is 0.227 e. The van der Waals surface area contributed by atoms with Crippen LogP contribution in [0, 0.1) is 12.8 Å². The van der Waals surface area contributed by atoms with Gasteiger partial charge in [0.2, 0.25) is 5.91 Å². The zero-order valence-electron chi connectivity index (χ0n) is 11.7. The third-order valence-corrected chi connectivity index (χ3v) is 4.65. The van der Waals surface area contributed by atoms with Crippen molar-refractivity contribution in [1.82, 2.24) is 0 Å². The Kier molecular flexibility index (Phi) is 4.28. The van der Waals surface area contributed by atoms with E-state index in [0.717, 1.165) is 31.1 Å². The van der Waals surface area contributed by atoms with Gasteiger partial charge in [-0.3, -0.25) is 4.79 Å². The summed E-state index contributed by atoms with van der Waals surface area (Å²) in [5.74, 6) is -0.0654. The molecule has 5 heteroatoms. The Morgan fingerprint density at radius 2 is 2.05 bits per heavy atom. The quantitative estimate of drug-likeness (QED) is 0.872. The Balaban J connectivity index is 2.20. The van der Waals surface area contributed by atoms with Crippen molar-refractivity contribution in [2.75, 3.05) is 11.6 Å². The molecule has 0 saturated heterocycles. The molecule has 1 aliphatic rings. The molecular formula is C15H19NO3S. The fourth-order valence-corrected chi connectivity index (χ4v) is 2.88. The van der Waals surface area contributed by atoms with Gasteiger partial charge in [-0.2, -0.15) is 0 Å². The van der Waals surface area contributed by atoms with Crippen LogP contribution in [0.5, 0.6) is 0 Å². The lowest BCUT2D eigenvalue weighted by atomic mass is 9.93. The Hall–Kier alpha value is -1.62. The highest BCUT2D eigenvalue weighted by Crippen LogP contribution is 2.24. The van der Waals surface area contributed by atoms with Gasteiger partial charge in [0.05, 0.1) is 4.90 Å². The summed E-state index contributed by atoms with van der Waals surface area (Å²) in [4.78, 5) is 12.4. The Morgan fingerprint density at radius 3 is 2.65 bits per heavy atom. The molecule has 108 valence electrons. The summed E-state index contributed by atoms with van der Waals surface area (Å²) in [6, 6.07) is 4.80. The van der Waals surface area contributed by atoms with Crippen LogP contribution in [0.4, 0.5) is 5.69 Å². The molecule has 0 radical (unpaired) electrons. The summed E-state index contributed by atoms with van der Waals surface area (Å²) in [5.41, 5.74) is 1.43. The maximum absolute atomic E-state index is 12.2. The predicted octanol–water partition coefficient (Wildman–Crippen LogP) is 2.69. The number of carbonyl (C=O) groups excluding carboxylic acids is 1. The van der Waals surface area contributed by atoms with Crippen LogP contribution in [-0.2, 0) is 14.6 Å². The summed E-state index contributed by atoms with van der Waals surface area (Å²) >= 11 is 0. The van der Waals surface area contributed by atoms with Crippen LogP contribution in [0.3, 0.4) is 0 Å². The van der Waals surface area contributed by atoms with E-state index in [1.54, 1.807) is 12.1 Å². The van der Waals surface area contributed by atoms with E-state index in [2.05, 4.69) is 11.4 Å². The van der Waals surface area contributed by atoms with E-state index >= 15 is 0 Å². The van der Waals surface area contributed by atoms with Crippen molar-refractivity contribution in [3.63, 3.8) is 0 Å². The minimum Gasteiger partial charge on any atom is -0.326 e. The number of hydrogen-bond donors (Lipinski definition) is 1. The molecule has 2 rings (SSSR count). The SMILES string of the molecule is Cc1ccc(S(C)(=O)=O)cc1NC(=O)[C@H]1CC=CCC1. The lowest BCUT2D eigenvalue weighted by Gasteiger charge is -2.18. The summed E-state index contributed by atoms with van der Waals surface area (Å²) in [6.07, 6.45) is 7.77. The lowest BCUT2D eigenvalue weighted by molar-refractivity contribution is -0.120. The molecule has 20 heavy (non-hydrogen) atoms. The van der Waals surface area contributed by atoms with Gasteiger partial charge >= 0.3 is 0 Å². The highest BCUT2D eigenvalue weighted by Gasteiger charge is 2.19. The van der Waals surface area contributed by atoms with Crippen molar-refractivity contribution in [2.24, 2.45) is 5.92 Å². The molecule has 1 N–H and O–H groups in total. The van der Waals surface area contributed by atoms with Gasteiger partial charge in [-0.1, -0.05) is 18.2 Å². The standard InChI is InChI=1S/C15H19NO3S/c1-11-8-9-13(20(2,18)19)10-14(11)16-15(17)12-6-4-3-5-7-12/h3-4,8-10,12H,5-7H2,1-2H3,(H,16,17)/t12-/m0/s1. The molecule has 1 aliphatic carbocycles. The molecule has 1 aromatic carbocycles. The highest BCUT2D eigenvalue weighted by atomic mass is 32.2. The fourth-order valence-electron chi connectivity index (χ4n) is 2.23. The van der Waals surface area contributed by atoms with Gasteiger partial charge < -0.3 is 5.32 Å². The summed E-state index contributed by atoms with van der Waals surface area (Å²) < 4.78 is 23.1. The van der Waals surface area contributed by atoms with Crippen molar-refractivity contribution >= 4 is 21.4 Å². The average molecular weight is 293 g/mol. The first-order valence-corrected chi connectivity index (χ1v) is 8.53. The van der Waals surface area contributed by atoms with Crippen LogP contribution in [0.1, 0.15) is 24.8 Å². The third kappa shape index (κ3) is 3.48. The summed E-state index contributed by atoms with van der Waals surface area (Å²) in [6.45, 7) is 1.85. The van der Waals surface area contributed by atoms with E-state index in [0.29, 0.717) is 5.69 Å². The second-order valence-corrected chi connectivity index (χ2v) is 7.24. The molecule has 0 spiro atoms. The number of carbonyl (C=O) groups is 1. The second-order valence-electron chi connectivity index (χ2n) is 5.22. The smallest absolute Gasteiger partial charge is 0.227 e. The van der Waals surface area contributed by atoms with E-state index in [-0.39, 0.29) is 16.7 Å². The van der Waals surface area contributed by atoms with Crippen LogP contribution < -0.4 is 5.32 Å². The molecule has 4 nitrogen and oxygen atoms in total. The van der Waals surface area contributed by atoms with E-state index in [1.165, 1.54) is 6.07 Å². The Bertz CT molecular complexity index is 647. The number of aryl methyl sites for hydroxylation is 1. The number of rotatable bonds is 3. The Morgan fingerprint density at radius 1 is 1.30 bits per heavy atom. The van der Waals surface area contributed by atoms with Crippen molar-refractivity contribution in [3.05, 3.63) is 35.9 Å². The molecule has 0 aliphatic heterocycles. The molecule has 1 atom stereocenters. The Labute approximate surface area is 119 Å². The molecule has 0 unspecified atom stereocenters. The van der Waals surface area contributed by atoms with Crippen molar-refractivity contribution in [1.29, 1.82) is 0 Å². The van der Waals surface area contributed by atoms with Crippen molar-refractivity contribution < 1.29 is 13.2 Å². The molecule has 0 heterocycles. The first-order chi connectivity index (χ1) is 9.38. The lowest BCUT2D eigenvalue weighted by Crippen LogP contribution is -2.24. The summed E-state index contributed by atoms with van der Waals surface area (Å²) in [5, 5.41) is 2.86. The molecule has 1 aromatic rings. The molecule has 0 saturated carbocycles. The van der Waals surface area contributed by atoms with Gasteiger partial charge in [0.1, 0.15) is 0 Å². The van der Waals surface area contributed by atoms with Gasteiger partial charge in [0.15, 0.2) is 9.84 Å². The van der Waals surface area contributed by atoms with Gasteiger partial charge in [-0.05, 0) is 43.9 Å². The first-order valence-electron chi connectivity index (χ1n) is 6.64. The first kappa shape index (κ1) is 14.8. The van der Waals surface area contributed by atoms with Gasteiger partial charge in [0.25, 0.3) is 0 Å². The van der Waals surface area contributed by atoms with Crippen molar-refractivity contribution in [2.45, 2.75) is 31.1 Å². The van der Waals surface area contributed by atoms with E-state index in [4.69, 9.17) is 0 Å².